The van der Waals surface area contributed by atoms with Crippen LogP contribution in [0.15, 0.2) is 24.5 Å². The third-order valence-electron chi connectivity index (χ3n) is 1.61. The number of nitrogens with one attached hydrogen (secondary N) is 2. The Morgan fingerprint density at radius 1 is 1.43 bits per heavy atom. The van der Waals surface area contributed by atoms with Gasteiger partial charge in [0.2, 0.25) is 0 Å². The van der Waals surface area contributed by atoms with Gasteiger partial charge in [-0.05, 0) is 30.3 Å². The van der Waals surface area contributed by atoms with E-state index in [1.807, 2.05) is 12.1 Å². The summed E-state index contributed by atoms with van der Waals surface area (Å²) in [4.78, 5) is 3.92. The third-order valence-corrected chi connectivity index (χ3v) is 1.86. The van der Waals surface area contributed by atoms with Crippen molar-refractivity contribution in [1.82, 2.24) is 10.3 Å². The second kappa shape index (κ2) is 5.54. The van der Waals surface area contributed by atoms with E-state index in [4.69, 9.17) is 12.2 Å². The molecule has 0 aliphatic rings. The average Bonchev–Trinajstić information content (AvgIpc) is 2.16. The fourth-order valence-electron chi connectivity index (χ4n) is 0.907. The highest BCUT2D eigenvalue weighted by Gasteiger charge is 1.97. The fraction of sp³-hybridized carbons (Fsp3) is 0.400. The average molecular weight is 209 g/mol. The van der Waals surface area contributed by atoms with Crippen LogP contribution in [-0.2, 0) is 0 Å². The predicted molar refractivity (Wildman–Crippen MR) is 63.3 cm³/mol. The number of aromatic nitrogens is 1. The number of anilines is 1. The number of rotatable bonds is 3. The van der Waals surface area contributed by atoms with Crippen LogP contribution >= 0.6 is 12.2 Å². The van der Waals surface area contributed by atoms with Crippen molar-refractivity contribution in [2.45, 2.75) is 13.8 Å². The van der Waals surface area contributed by atoms with Gasteiger partial charge in [0.15, 0.2) is 5.11 Å². The smallest absolute Gasteiger partial charge is 0.170 e. The summed E-state index contributed by atoms with van der Waals surface area (Å²) in [5, 5.41) is 6.87. The first kappa shape index (κ1) is 10.9. The normalized spacial score (nSPS) is 9.93. The molecule has 0 fully saturated rings. The molecule has 0 saturated carbocycles. The van der Waals surface area contributed by atoms with Crippen LogP contribution in [0.4, 0.5) is 5.69 Å². The topological polar surface area (TPSA) is 37.0 Å². The lowest BCUT2D eigenvalue weighted by Crippen LogP contribution is -2.31. The van der Waals surface area contributed by atoms with Crippen LogP contribution < -0.4 is 10.6 Å². The lowest BCUT2D eigenvalue weighted by Gasteiger charge is -2.11. The van der Waals surface area contributed by atoms with E-state index in [0.29, 0.717) is 11.0 Å². The predicted octanol–water partition coefficient (Wildman–Crippen LogP) is 2.02. The van der Waals surface area contributed by atoms with Crippen LogP contribution in [0.2, 0.25) is 0 Å². The molecule has 0 unspecified atom stereocenters. The van der Waals surface area contributed by atoms with E-state index < -0.39 is 0 Å². The molecule has 2 N–H and O–H groups in total. The van der Waals surface area contributed by atoms with Crippen molar-refractivity contribution >= 4 is 23.0 Å². The van der Waals surface area contributed by atoms with Crippen molar-refractivity contribution in [3.05, 3.63) is 24.5 Å². The van der Waals surface area contributed by atoms with E-state index in [0.717, 1.165) is 12.2 Å². The molecule has 1 rings (SSSR count). The first-order valence-electron chi connectivity index (χ1n) is 4.63. The molecule has 0 saturated heterocycles. The van der Waals surface area contributed by atoms with E-state index in [9.17, 15) is 0 Å². The number of hydrogen-bond acceptors (Lipinski definition) is 2. The van der Waals surface area contributed by atoms with E-state index in [1.165, 1.54) is 0 Å². The zero-order valence-corrected chi connectivity index (χ0v) is 9.27. The highest BCUT2D eigenvalue weighted by Crippen LogP contribution is 2.02. The SMILES string of the molecule is CC(C)CNC(=S)Nc1ccncc1. The number of hydrogen-bond donors (Lipinski definition) is 2. The summed E-state index contributed by atoms with van der Waals surface area (Å²) in [7, 11) is 0. The summed E-state index contributed by atoms with van der Waals surface area (Å²) in [6, 6.07) is 3.76. The molecule has 0 atom stereocenters. The first-order chi connectivity index (χ1) is 6.68. The van der Waals surface area contributed by atoms with Gasteiger partial charge in [0.05, 0.1) is 0 Å². The lowest BCUT2D eigenvalue weighted by atomic mass is 10.2. The van der Waals surface area contributed by atoms with E-state index >= 15 is 0 Å². The number of nitrogens with zero attached hydrogens (tertiary/aromatic N) is 1. The van der Waals surface area contributed by atoms with Crippen molar-refractivity contribution in [3.8, 4) is 0 Å². The van der Waals surface area contributed by atoms with Crippen LogP contribution in [0.1, 0.15) is 13.8 Å². The zero-order chi connectivity index (χ0) is 10.4. The van der Waals surface area contributed by atoms with Crippen LogP contribution in [-0.4, -0.2) is 16.6 Å². The Labute approximate surface area is 89.9 Å². The van der Waals surface area contributed by atoms with Crippen molar-refractivity contribution < 1.29 is 0 Å². The van der Waals surface area contributed by atoms with Crippen molar-refractivity contribution in [1.29, 1.82) is 0 Å². The molecule has 0 spiro atoms. The molecule has 1 heterocycles. The van der Waals surface area contributed by atoms with Crippen molar-refractivity contribution in [2.75, 3.05) is 11.9 Å². The second-order valence-corrected chi connectivity index (χ2v) is 3.87. The molecular formula is C10H15N3S. The summed E-state index contributed by atoms with van der Waals surface area (Å²) in [5.74, 6) is 0.590. The van der Waals surface area contributed by atoms with Gasteiger partial charge in [-0.25, -0.2) is 0 Å². The first-order valence-corrected chi connectivity index (χ1v) is 5.04. The molecule has 0 bridgehead atoms. The molecular weight excluding hydrogens is 194 g/mol. The van der Waals surface area contributed by atoms with Gasteiger partial charge in [-0.15, -0.1) is 0 Å². The molecule has 14 heavy (non-hydrogen) atoms. The van der Waals surface area contributed by atoms with Gasteiger partial charge < -0.3 is 10.6 Å². The van der Waals surface area contributed by atoms with E-state index in [1.54, 1.807) is 12.4 Å². The summed E-state index contributed by atoms with van der Waals surface area (Å²) in [6.07, 6.45) is 3.46. The molecule has 76 valence electrons. The molecule has 1 aromatic rings. The highest BCUT2D eigenvalue weighted by atomic mass is 32.1. The molecule has 4 heteroatoms. The Hall–Kier alpha value is -1.16. The van der Waals surface area contributed by atoms with Gasteiger partial charge >= 0.3 is 0 Å². The molecule has 0 amide bonds. The molecule has 3 nitrogen and oxygen atoms in total. The van der Waals surface area contributed by atoms with Gasteiger partial charge in [-0.2, -0.15) is 0 Å². The summed E-state index contributed by atoms with van der Waals surface area (Å²) < 4.78 is 0. The largest absolute Gasteiger partial charge is 0.362 e. The van der Waals surface area contributed by atoms with Crippen LogP contribution in [0.25, 0.3) is 0 Å². The molecule has 1 aromatic heterocycles. The molecule has 0 aliphatic heterocycles. The van der Waals surface area contributed by atoms with E-state index in [-0.39, 0.29) is 0 Å². The van der Waals surface area contributed by atoms with Gasteiger partial charge in [0.1, 0.15) is 0 Å². The second-order valence-electron chi connectivity index (χ2n) is 3.46. The number of thiocarbonyl (C=S) groups is 1. The summed E-state index contributed by atoms with van der Waals surface area (Å²) in [6.45, 7) is 5.17. The molecule has 0 aliphatic carbocycles. The standard InChI is InChI=1S/C10H15N3S/c1-8(2)7-12-10(14)13-9-3-5-11-6-4-9/h3-6,8H,7H2,1-2H3,(H2,11,12,13,14). The van der Waals surface area contributed by atoms with Crippen molar-refractivity contribution in [2.24, 2.45) is 5.92 Å². The van der Waals surface area contributed by atoms with Gasteiger partial charge in [-0.1, -0.05) is 13.8 Å². The minimum absolute atomic E-state index is 0.590. The minimum Gasteiger partial charge on any atom is -0.362 e. The lowest BCUT2D eigenvalue weighted by molar-refractivity contribution is 0.627. The van der Waals surface area contributed by atoms with Crippen LogP contribution in [0.3, 0.4) is 0 Å². The fourth-order valence-corrected chi connectivity index (χ4v) is 1.11. The zero-order valence-electron chi connectivity index (χ0n) is 8.45. The molecule has 0 radical (unpaired) electrons. The highest BCUT2D eigenvalue weighted by molar-refractivity contribution is 7.80. The Kier molecular flexibility index (Phi) is 4.32. The van der Waals surface area contributed by atoms with E-state index in [2.05, 4.69) is 29.5 Å². The molecule has 0 aromatic carbocycles. The van der Waals surface area contributed by atoms with Gasteiger partial charge in [0, 0.05) is 24.6 Å². The Balaban J connectivity index is 2.35. The maximum absolute atomic E-state index is 5.11. The Bertz CT molecular complexity index is 285. The van der Waals surface area contributed by atoms with Crippen molar-refractivity contribution in [3.63, 3.8) is 0 Å². The monoisotopic (exact) mass is 209 g/mol. The van der Waals surface area contributed by atoms with Crippen LogP contribution in [0.5, 0.6) is 0 Å². The van der Waals surface area contributed by atoms with Gasteiger partial charge in [0.25, 0.3) is 0 Å². The summed E-state index contributed by atoms with van der Waals surface area (Å²) >= 11 is 5.11. The van der Waals surface area contributed by atoms with Crippen LogP contribution in [0, 0.1) is 5.92 Å². The maximum Gasteiger partial charge on any atom is 0.170 e. The van der Waals surface area contributed by atoms with Gasteiger partial charge in [-0.3, -0.25) is 4.98 Å². The number of pyridine rings is 1. The third kappa shape index (κ3) is 4.18. The Morgan fingerprint density at radius 2 is 2.07 bits per heavy atom. The Morgan fingerprint density at radius 3 is 2.64 bits per heavy atom. The minimum atomic E-state index is 0.590. The maximum atomic E-state index is 5.11. The summed E-state index contributed by atoms with van der Waals surface area (Å²) in [5.41, 5.74) is 0.959. The quantitative estimate of drug-likeness (QED) is 0.747.